The Morgan fingerprint density at radius 3 is 2.11 bits per heavy atom. The maximum absolute atomic E-state index is 6.19. The Balaban J connectivity index is 2.67. The summed E-state index contributed by atoms with van der Waals surface area (Å²) in [7, 11) is 0. The molecule has 0 saturated carbocycles. The summed E-state index contributed by atoms with van der Waals surface area (Å²) in [5, 5.41) is 0. The SMILES string of the molecule is CCCN(C(C)C)C1(CN)CCN(CC(C)C)CC1. The van der Waals surface area contributed by atoms with Gasteiger partial charge in [-0.2, -0.15) is 0 Å². The molecule has 114 valence electrons. The van der Waals surface area contributed by atoms with Gasteiger partial charge in [-0.25, -0.2) is 0 Å². The zero-order chi connectivity index (χ0) is 14.5. The predicted octanol–water partition coefficient (Wildman–Crippen LogP) is 2.56. The lowest BCUT2D eigenvalue weighted by atomic mass is 9.84. The molecule has 0 aromatic carbocycles. The maximum atomic E-state index is 6.19. The summed E-state index contributed by atoms with van der Waals surface area (Å²) in [5.74, 6) is 0.766. The van der Waals surface area contributed by atoms with Crippen molar-refractivity contribution in [2.24, 2.45) is 11.7 Å². The molecule has 1 heterocycles. The molecular formula is C16H35N3. The van der Waals surface area contributed by atoms with E-state index in [0.29, 0.717) is 6.04 Å². The summed E-state index contributed by atoms with van der Waals surface area (Å²) in [6.07, 6.45) is 3.68. The lowest BCUT2D eigenvalue weighted by Crippen LogP contribution is -2.61. The average Bonchev–Trinajstić information content (AvgIpc) is 2.36. The first-order chi connectivity index (χ1) is 8.95. The molecule has 0 aromatic rings. The van der Waals surface area contributed by atoms with Gasteiger partial charge in [-0.1, -0.05) is 20.8 Å². The molecular weight excluding hydrogens is 234 g/mol. The zero-order valence-electron chi connectivity index (χ0n) is 13.8. The fourth-order valence-corrected chi connectivity index (χ4v) is 3.56. The van der Waals surface area contributed by atoms with E-state index in [1.165, 1.54) is 45.4 Å². The van der Waals surface area contributed by atoms with Gasteiger partial charge in [0.15, 0.2) is 0 Å². The summed E-state index contributed by atoms with van der Waals surface area (Å²) in [6, 6.07) is 0.597. The van der Waals surface area contributed by atoms with E-state index < -0.39 is 0 Å². The second-order valence-electron chi connectivity index (χ2n) is 6.91. The van der Waals surface area contributed by atoms with Crippen LogP contribution in [0.1, 0.15) is 53.9 Å². The molecule has 0 atom stereocenters. The molecule has 2 N–H and O–H groups in total. The van der Waals surface area contributed by atoms with Gasteiger partial charge >= 0.3 is 0 Å². The Kier molecular flexibility index (Phi) is 6.78. The van der Waals surface area contributed by atoms with Crippen molar-refractivity contribution in [3.63, 3.8) is 0 Å². The predicted molar refractivity (Wildman–Crippen MR) is 84.4 cm³/mol. The van der Waals surface area contributed by atoms with Crippen molar-refractivity contribution < 1.29 is 0 Å². The Labute approximate surface area is 120 Å². The first-order valence-corrected chi connectivity index (χ1v) is 8.14. The first kappa shape index (κ1) is 16.9. The number of piperidine rings is 1. The fourth-order valence-electron chi connectivity index (χ4n) is 3.56. The summed E-state index contributed by atoms with van der Waals surface area (Å²) < 4.78 is 0. The van der Waals surface area contributed by atoms with Crippen LogP contribution in [0.5, 0.6) is 0 Å². The normalized spacial score (nSPS) is 20.7. The Morgan fingerprint density at radius 1 is 1.16 bits per heavy atom. The quantitative estimate of drug-likeness (QED) is 0.771. The molecule has 0 radical (unpaired) electrons. The van der Waals surface area contributed by atoms with E-state index in [-0.39, 0.29) is 5.54 Å². The molecule has 1 aliphatic rings. The summed E-state index contributed by atoms with van der Waals surface area (Å²) in [5.41, 5.74) is 6.44. The van der Waals surface area contributed by atoms with Crippen molar-refractivity contribution in [2.75, 3.05) is 32.7 Å². The second-order valence-corrected chi connectivity index (χ2v) is 6.91. The molecule has 1 fully saturated rings. The summed E-state index contributed by atoms with van der Waals surface area (Å²) in [6.45, 7) is 17.2. The van der Waals surface area contributed by atoms with Crippen LogP contribution in [0.2, 0.25) is 0 Å². The average molecular weight is 269 g/mol. The van der Waals surface area contributed by atoms with Crippen LogP contribution >= 0.6 is 0 Å². The molecule has 0 aromatic heterocycles. The zero-order valence-corrected chi connectivity index (χ0v) is 13.8. The van der Waals surface area contributed by atoms with Gasteiger partial charge in [0.25, 0.3) is 0 Å². The molecule has 3 heteroatoms. The standard InChI is InChI=1S/C16H35N3/c1-6-9-19(15(4)5)16(13-17)7-10-18(11-8-16)12-14(2)3/h14-15H,6-13,17H2,1-5H3. The molecule has 1 aliphatic heterocycles. The summed E-state index contributed by atoms with van der Waals surface area (Å²) in [4.78, 5) is 5.28. The number of rotatable bonds is 7. The molecule has 0 unspecified atom stereocenters. The molecule has 19 heavy (non-hydrogen) atoms. The van der Waals surface area contributed by atoms with E-state index in [0.717, 1.165) is 12.5 Å². The van der Waals surface area contributed by atoms with Gasteiger partial charge in [-0.15, -0.1) is 0 Å². The van der Waals surface area contributed by atoms with Crippen LogP contribution in [-0.2, 0) is 0 Å². The Hall–Kier alpha value is -0.120. The minimum Gasteiger partial charge on any atom is -0.329 e. The molecule has 0 aliphatic carbocycles. The van der Waals surface area contributed by atoms with E-state index in [2.05, 4.69) is 44.4 Å². The summed E-state index contributed by atoms with van der Waals surface area (Å²) >= 11 is 0. The highest BCUT2D eigenvalue weighted by Crippen LogP contribution is 2.30. The molecule has 0 bridgehead atoms. The van der Waals surface area contributed by atoms with Crippen LogP contribution in [0.4, 0.5) is 0 Å². The van der Waals surface area contributed by atoms with E-state index in [1.54, 1.807) is 0 Å². The largest absolute Gasteiger partial charge is 0.329 e. The topological polar surface area (TPSA) is 32.5 Å². The highest BCUT2D eigenvalue weighted by Gasteiger charge is 2.39. The molecule has 0 amide bonds. The van der Waals surface area contributed by atoms with Crippen LogP contribution in [0.25, 0.3) is 0 Å². The van der Waals surface area contributed by atoms with Crippen LogP contribution in [0.15, 0.2) is 0 Å². The van der Waals surface area contributed by atoms with Crippen LogP contribution in [0.3, 0.4) is 0 Å². The minimum absolute atomic E-state index is 0.248. The second kappa shape index (κ2) is 7.61. The molecule has 1 rings (SSSR count). The smallest absolute Gasteiger partial charge is 0.0358 e. The van der Waals surface area contributed by atoms with Crippen LogP contribution in [-0.4, -0.2) is 54.1 Å². The maximum Gasteiger partial charge on any atom is 0.0358 e. The van der Waals surface area contributed by atoms with E-state index >= 15 is 0 Å². The Morgan fingerprint density at radius 2 is 1.74 bits per heavy atom. The fraction of sp³-hybridized carbons (Fsp3) is 1.00. The van der Waals surface area contributed by atoms with Crippen molar-refractivity contribution in [3.8, 4) is 0 Å². The third-order valence-corrected chi connectivity index (χ3v) is 4.49. The van der Waals surface area contributed by atoms with Crippen molar-refractivity contribution in [1.82, 2.24) is 9.80 Å². The lowest BCUT2D eigenvalue weighted by molar-refractivity contribution is 0.00336. The van der Waals surface area contributed by atoms with Crippen molar-refractivity contribution in [3.05, 3.63) is 0 Å². The van der Waals surface area contributed by atoms with Gasteiger partial charge in [-0.3, -0.25) is 4.90 Å². The lowest BCUT2D eigenvalue weighted by Gasteiger charge is -2.50. The molecule has 1 saturated heterocycles. The van der Waals surface area contributed by atoms with Crippen molar-refractivity contribution >= 4 is 0 Å². The van der Waals surface area contributed by atoms with Crippen LogP contribution < -0.4 is 5.73 Å². The number of likely N-dealkylation sites (tertiary alicyclic amines) is 1. The number of hydrogen-bond acceptors (Lipinski definition) is 3. The molecule has 3 nitrogen and oxygen atoms in total. The number of hydrogen-bond donors (Lipinski definition) is 1. The van der Waals surface area contributed by atoms with Gasteiger partial charge in [-0.05, 0) is 58.7 Å². The highest BCUT2D eigenvalue weighted by atomic mass is 15.3. The Bertz CT molecular complexity index is 242. The van der Waals surface area contributed by atoms with Crippen LogP contribution in [0, 0.1) is 5.92 Å². The third kappa shape index (κ3) is 4.44. The van der Waals surface area contributed by atoms with E-state index in [9.17, 15) is 0 Å². The number of nitrogens with two attached hydrogens (primary N) is 1. The van der Waals surface area contributed by atoms with Crippen molar-refractivity contribution in [1.29, 1.82) is 0 Å². The number of nitrogens with zero attached hydrogens (tertiary/aromatic N) is 2. The van der Waals surface area contributed by atoms with E-state index in [4.69, 9.17) is 5.73 Å². The third-order valence-electron chi connectivity index (χ3n) is 4.49. The molecule has 0 spiro atoms. The van der Waals surface area contributed by atoms with Gasteiger partial charge in [0.1, 0.15) is 0 Å². The first-order valence-electron chi connectivity index (χ1n) is 8.14. The highest BCUT2D eigenvalue weighted by molar-refractivity contribution is 4.97. The monoisotopic (exact) mass is 269 g/mol. The van der Waals surface area contributed by atoms with Gasteiger partial charge < -0.3 is 10.6 Å². The van der Waals surface area contributed by atoms with Gasteiger partial charge in [0.2, 0.25) is 0 Å². The van der Waals surface area contributed by atoms with Gasteiger partial charge in [0.05, 0.1) is 0 Å². The van der Waals surface area contributed by atoms with Crippen molar-refractivity contribution in [2.45, 2.75) is 65.5 Å². The minimum atomic E-state index is 0.248. The van der Waals surface area contributed by atoms with E-state index in [1.807, 2.05) is 0 Å². The van der Waals surface area contributed by atoms with Gasteiger partial charge in [0, 0.05) is 24.7 Å².